The van der Waals surface area contributed by atoms with Gasteiger partial charge in [0, 0.05) is 17.1 Å². The highest BCUT2D eigenvalue weighted by Crippen LogP contribution is 2.21. The fourth-order valence-electron chi connectivity index (χ4n) is 3.16. The van der Waals surface area contributed by atoms with Crippen LogP contribution in [-0.4, -0.2) is 22.8 Å². The highest BCUT2D eigenvalue weighted by atomic mass is 16.2. The van der Waals surface area contributed by atoms with Gasteiger partial charge in [-0.2, -0.15) is 0 Å². The standard InChI is InChI=1S/C22H22N4O2/c1-14-13-18(17-9-5-6-10-19(17)23-14)21(27)26-25-20(15-7-3-2-4-8-15)22(28)24-16-11-12-16/h2-10,13,16,20,25H,11-12H2,1H3,(H,24,28)(H,26,27)/t20-/m0/s1. The topological polar surface area (TPSA) is 83.1 Å². The fourth-order valence-corrected chi connectivity index (χ4v) is 3.16. The third-order valence-corrected chi connectivity index (χ3v) is 4.74. The minimum Gasteiger partial charge on any atom is -0.352 e. The third kappa shape index (κ3) is 4.02. The monoisotopic (exact) mass is 374 g/mol. The molecule has 1 aliphatic rings. The summed E-state index contributed by atoms with van der Waals surface area (Å²) in [4.78, 5) is 30.0. The molecule has 1 fully saturated rings. The van der Waals surface area contributed by atoms with Crippen molar-refractivity contribution >= 4 is 22.7 Å². The van der Waals surface area contributed by atoms with Crippen LogP contribution in [0, 0.1) is 6.92 Å². The molecule has 0 aliphatic heterocycles. The molecule has 0 bridgehead atoms. The number of hydrogen-bond donors (Lipinski definition) is 3. The number of hydrazine groups is 1. The van der Waals surface area contributed by atoms with Gasteiger partial charge in [-0.1, -0.05) is 48.5 Å². The molecule has 3 aromatic rings. The molecular formula is C22H22N4O2. The molecule has 28 heavy (non-hydrogen) atoms. The molecule has 4 rings (SSSR count). The number of rotatable bonds is 6. The summed E-state index contributed by atoms with van der Waals surface area (Å²) in [7, 11) is 0. The number of fused-ring (bicyclic) bond motifs is 1. The van der Waals surface area contributed by atoms with E-state index >= 15 is 0 Å². The molecule has 142 valence electrons. The Balaban J connectivity index is 1.55. The lowest BCUT2D eigenvalue weighted by molar-refractivity contribution is -0.123. The van der Waals surface area contributed by atoms with E-state index in [0.717, 1.165) is 35.0 Å². The van der Waals surface area contributed by atoms with E-state index in [9.17, 15) is 9.59 Å². The van der Waals surface area contributed by atoms with Gasteiger partial charge in [-0.05, 0) is 37.5 Å². The Morgan fingerprint density at radius 2 is 1.75 bits per heavy atom. The molecule has 3 N–H and O–H groups in total. The van der Waals surface area contributed by atoms with Crippen molar-refractivity contribution in [3.63, 3.8) is 0 Å². The Morgan fingerprint density at radius 1 is 1.04 bits per heavy atom. The van der Waals surface area contributed by atoms with Crippen molar-refractivity contribution in [3.8, 4) is 0 Å². The van der Waals surface area contributed by atoms with Gasteiger partial charge in [0.1, 0.15) is 6.04 Å². The van der Waals surface area contributed by atoms with Crippen LogP contribution in [0.5, 0.6) is 0 Å². The van der Waals surface area contributed by atoms with Gasteiger partial charge in [0.15, 0.2) is 0 Å². The molecule has 0 radical (unpaired) electrons. The van der Waals surface area contributed by atoms with Gasteiger partial charge in [-0.25, -0.2) is 5.43 Å². The summed E-state index contributed by atoms with van der Waals surface area (Å²) in [5.41, 5.74) is 8.46. The van der Waals surface area contributed by atoms with E-state index in [1.54, 1.807) is 6.07 Å². The Bertz CT molecular complexity index is 1020. The van der Waals surface area contributed by atoms with Gasteiger partial charge in [-0.15, -0.1) is 0 Å². The molecule has 0 spiro atoms. The molecule has 1 aliphatic carbocycles. The van der Waals surface area contributed by atoms with Crippen molar-refractivity contribution in [2.24, 2.45) is 0 Å². The largest absolute Gasteiger partial charge is 0.352 e. The first-order valence-electron chi connectivity index (χ1n) is 9.39. The number of carbonyl (C=O) groups excluding carboxylic acids is 2. The fraction of sp³-hybridized carbons (Fsp3) is 0.227. The number of hydrogen-bond acceptors (Lipinski definition) is 4. The summed E-state index contributed by atoms with van der Waals surface area (Å²) in [6, 6.07) is 18.2. The zero-order valence-electron chi connectivity index (χ0n) is 15.6. The van der Waals surface area contributed by atoms with Crippen molar-refractivity contribution in [3.05, 3.63) is 77.5 Å². The van der Waals surface area contributed by atoms with E-state index < -0.39 is 6.04 Å². The van der Waals surface area contributed by atoms with Crippen molar-refractivity contribution in [2.45, 2.75) is 31.8 Å². The zero-order chi connectivity index (χ0) is 19.5. The molecule has 0 unspecified atom stereocenters. The number of benzene rings is 2. The lowest BCUT2D eigenvalue weighted by Gasteiger charge is -2.19. The van der Waals surface area contributed by atoms with Gasteiger partial charge < -0.3 is 5.32 Å². The maximum atomic E-state index is 12.9. The van der Waals surface area contributed by atoms with Gasteiger partial charge >= 0.3 is 0 Å². The molecule has 1 atom stereocenters. The van der Waals surface area contributed by atoms with E-state index in [1.165, 1.54) is 0 Å². The zero-order valence-corrected chi connectivity index (χ0v) is 15.6. The van der Waals surface area contributed by atoms with E-state index in [-0.39, 0.29) is 17.9 Å². The highest BCUT2D eigenvalue weighted by molar-refractivity contribution is 6.06. The van der Waals surface area contributed by atoms with Crippen LogP contribution in [0.1, 0.15) is 40.5 Å². The smallest absolute Gasteiger partial charge is 0.266 e. The predicted octanol–water partition coefficient (Wildman–Crippen LogP) is 2.80. The summed E-state index contributed by atoms with van der Waals surface area (Å²) in [6.07, 6.45) is 2.00. The number of para-hydroxylation sites is 1. The number of aromatic nitrogens is 1. The maximum Gasteiger partial charge on any atom is 0.266 e. The Hall–Kier alpha value is -3.25. The Kier molecular flexibility index (Phi) is 5.04. The molecule has 6 nitrogen and oxygen atoms in total. The first kappa shape index (κ1) is 18.1. The van der Waals surface area contributed by atoms with Crippen molar-refractivity contribution in [2.75, 3.05) is 0 Å². The van der Waals surface area contributed by atoms with Gasteiger partial charge in [0.25, 0.3) is 5.91 Å². The lowest BCUT2D eigenvalue weighted by Crippen LogP contribution is -2.47. The molecule has 2 amide bonds. The van der Waals surface area contributed by atoms with Gasteiger partial charge in [-0.3, -0.25) is 20.0 Å². The number of pyridine rings is 1. The minimum absolute atomic E-state index is 0.148. The summed E-state index contributed by atoms with van der Waals surface area (Å²) >= 11 is 0. The third-order valence-electron chi connectivity index (χ3n) is 4.74. The number of carbonyl (C=O) groups is 2. The summed E-state index contributed by atoms with van der Waals surface area (Å²) < 4.78 is 0. The average molecular weight is 374 g/mol. The van der Waals surface area contributed by atoms with Crippen LogP contribution < -0.4 is 16.2 Å². The minimum atomic E-state index is -0.667. The number of amides is 2. The normalized spacial score (nSPS) is 14.5. The van der Waals surface area contributed by atoms with Crippen molar-refractivity contribution in [1.82, 2.24) is 21.2 Å². The second-order valence-electron chi connectivity index (χ2n) is 7.05. The quantitative estimate of drug-likeness (QED) is 0.580. The second kappa shape index (κ2) is 7.78. The van der Waals surface area contributed by atoms with E-state index in [4.69, 9.17) is 0 Å². The predicted molar refractivity (Wildman–Crippen MR) is 107 cm³/mol. The molecule has 2 aromatic carbocycles. The average Bonchev–Trinajstić information content (AvgIpc) is 3.52. The molecule has 1 saturated carbocycles. The first-order valence-corrected chi connectivity index (χ1v) is 9.39. The first-order chi connectivity index (χ1) is 13.6. The van der Waals surface area contributed by atoms with Crippen LogP contribution >= 0.6 is 0 Å². The number of nitrogens with zero attached hydrogens (tertiary/aromatic N) is 1. The summed E-state index contributed by atoms with van der Waals surface area (Å²) in [6.45, 7) is 1.85. The van der Waals surface area contributed by atoms with Gasteiger partial charge in [0.2, 0.25) is 5.91 Å². The van der Waals surface area contributed by atoms with Crippen LogP contribution in [0.4, 0.5) is 0 Å². The van der Waals surface area contributed by atoms with E-state index in [2.05, 4.69) is 21.2 Å². The van der Waals surface area contributed by atoms with Crippen LogP contribution in [0.25, 0.3) is 10.9 Å². The van der Waals surface area contributed by atoms with Crippen LogP contribution in [0.15, 0.2) is 60.7 Å². The van der Waals surface area contributed by atoms with E-state index in [1.807, 2.05) is 61.5 Å². The summed E-state index contributed by atoms with van der Waals surface area (Å²) in [5, 5.41) is 3.76. The van der Waals surface area contributed by atoms with Crippen LogP contribution in [-0.2, 0) is 4.79 Å². The van der Waals surface area contributed by atoms with Gasteiger partial charge in [0.05, 0.1) is 11.1 Å². The van der Waals surface area contributed by atoms with Crippen LogP contribution in [0.3, 0.4) is 0 Å². The van der Waals surface area contributed by atoms with Crippen molar-refractivity contribution < 1.29 is 9.59 Å². The molecule has 1 heterocycles. The molecule has 6 heteroatoms. The summed E-state index contributed by atoms with van der Waals surface area (Å²) in [5.74, 6) is -0.452. The second-order valence-corrected chi connectivity index (χ2v) is 7.05. The number of aryl methyl sites for hydroxylation is 1. The number of nitrogens with one attached hydrogen (secondary N) is 3. The molecule has 0 saturated heterocycles. The Labute approximate surface area is 163 Å². The Morgan fingerprint density at radius 3 is 2.50 bits per heavy atom. The highest BCUT2D eigenvalue weighted by Gasteiger charge is 2.28. The van der Waals surface area contributed by atoms with E-state index in [0.29, 0.717) is 5.56 Å². The molecule has 1 aromatic heterocycles. The lowest BCUT2D eigenvalue weighted by atomic mass is 10.1. The van der Waals surface area contributed by atoms with Crippen molar-refractivity contribution in [1.29, 1.82) is 0 Å². The molecular weight excluding hydrogens is 352 g/mol. The maximum absolute atomic E-state index is 12.9. The SMILES string of the molecule is Cc1cc(C(=O)NN[C@H](C(=O)NC2CC2)c2ccccc2)c2ccccc2n1. The van der Waals surface area contributed by atoms with Crippen LogP contribution in [0.2, 0.25) is 0 Å².